The molecule has 1 atom stereocenters. The topological polar surface area (TPSA) is 69.6 Å². The fraction of sp³-hybridized carbons (Fsp3) is 0.350. The van der Waals surface area contributed by atoms with Crippen molar-refractivity contribution in [1.82, 2.24) is 0 Å². The fourth-order valence-corrected chi connectivity index (χ4v) is 4.71. The predicted octanol–water partition coefficient (Wildman–Crippen LogP) is 2.24. The zero-order chi connectivity index (χ0) is 18.5. The molecule has 26 heavy (non-hydrogen) atoms. The molecular formula is C20H21BFNO3. The van der Waals surface area contributed by atoms with E-state index in [1.165, 1.54) is 6.07 Å². The first-order chi connectivity index (χ1) is 12.5. The van der Waals surface area contributed by atoms with E-state index in [0.717, 1.165) is 36.8 Å². The molecule has 4 nitrogen and oxygen atoms in total. The molecule has 0 spiro atoms. The normalized spacial score (nSPS) is 22.4. The van der Waals surface area contributed by atoms with E-state index in [1.54, 1.807) is 37.3 Å². The van der Waals surface area contributed by atoms with E-state index in [9.17, 15) is 19.2 Å². The summed E-state index contributed by atoms with van der Waals surface area (Å²) in [5, 5.41) is 21.7. The van der Waals surface area contributed by atoms with Crippen molar-refractivity contribution in [3.8, 4) is 0 Å². The zero-order valence-corrected chi connectivity index (χ0v) is 14.6. The lowest BCUT2D eigenvalue weighted by atomic mass is 9.65. The maximum Gasteiger partial charge on any atom is 0.488 e. The van der Waals surface area contributed by atoms with Crippen molar-refractivity contribution in [2.24, 2.45) is 5.92 Å². The molecule has 1 heterocycles. The molecule has 3 N–H and O–H groups in total. The van der Waals surface area contributed by atoms with Gasteiger partial charge in [-0.2, -0.15) is 0 Å². The third-order valence-electron chi connectivity index (χ3n) is 6.05. The predicted molar refractivity (Wildman–Crippen MR) is 98.8 cm³/mol. The molecule has 4 rings (SSSR count). The van der Waals surface area contributed by atoms with Gasteiger partial charge < -0.3 is 15.4 Å². The Balaban J connectivity index is 1.94. The molecule has 0 aromatic heterocycles. The Kier molecular flexibility index (Phi) is 4.12. The summed E-state index contributed by atoms with van der Waals surface area (Å²) in [6.07, 6.45) is 4.02. The third-order valence-corrected chi connectivity index (χ3v) is 6.05. The van der Waals surface area contributed by atoms with Gasteiger partial charge in [-0.1, -0.05) is 43.2 Å². The minimum Gasteiger partial charge on any atom is -0.423 e. The number of rotatable bonds is 3. The Bertz CT molecular complexity index is 862. The first-order valence-corrected chi connectivity index (χ1v) is 9.04. The Morgan fingerprint density at radius 2 is 1.77 bits per heavy atom. The van der Waals surface area contributed by atoms with E-state index < -0.39 is 12.5 Å². The van der Waals surface area contributed by atoms with Crippen LogP contribution in [-0.4, -0.2) is 23.1 Å². The molecule has 0 unspecified atom stereocenters. The molecule has 0 bridgehead atoms. The van der Waals surface area contributed by atoms with Gasteiger partial charge in [-0.05, 0) is 48.3 Å². The van der Waals surface area contributed by atoms with Crippen molar-refractivity contribution in [2.75, 3.05) is 5.32 Å². The highest BCUT2D eigenvalue weighted by atomic mass is 19.1. The number of hydrogen-bond donors (Lipinski definition) is 3. The monoisotopic (exact) mass is 353 g/mol. The first kappa shape index (κ1) is 17.2. The van der Waals surface area contributed by atoms with E-state index in [2.05, 4.69) is 5.32 Å². The van der Waals surface area contributed by atoms with Gasteiger partial charge in [0.1, 0.15) is 11.2 Å². The summed E-state index contributed by atoms with van der Waals surface area (Å²) in [4.78, 5) is 13.3. The number of carbonyl (C=O) groups excluding carboxylic acids is 1. The highest BCUT2D eigenvalue weighted by Crippen LogP contribution is 2.53. The molecule has 2 aliphatic rings. The first-order valence-electron chi connectivity index (χ1n) is 9.04. The van der Waals surface area contributed by atoms with E-state index in [-0.39, 0.29) is 17.6 Å². The van der Waals surface area contributed by atoms with Crippen LogP contribution in [0.3, 0.4) is 0 Å². The van der Waals surface area contributed by atoms with Gasteiger partial charge in [0.25, 0.3) is 0 Å². The highest BCUT2D eigenvalue weighted by molar-refractivity contribution is 6.58. The summed E-state index contributed by atoms with van der Waals surface area (Å²) >= 11 is 0. The molecule has 1 saturated carbocycles. The average molecular weight is 353 g/mol. The van der Waals surface area contributed by atoms with Gasteiger partial charge in [0.05, 0.1) is 5.69 Å². The van der Waals surface area contributed by atoms with Gasteiger partial charge in [0, 0.05) is 5.56 Å². The Morgan fingerprint density at radius 1 is 1.12 bits per heavy atom. The van der Waals surface area contributed by atoms with Crippen LogP contribution >= 0.6 is 0 Å². The second kappa shape index (κ2) is 6.22. The largest absolute Gasteiger partial charge is 0.488 e. The van der Waals surface area contributed by atoms with Crippen LogP contribution in [0, 0.1) is 18.7 Å². The molecular weight excluding hydrogens is 332 g/mol. The smallest absolute Gasteiger partial charge is 0.423 e. The van der Waals surface area contributed by atoms with Gasteiger partial charge in [-0.3, -0.25) is 4.79 Å². The van der Waals surface area contributed by atoms with Crippen LogP contribution in [0.5, 0.6) is 0 Å². The molecule has 2 aromatic carbocycles. The van der Waals surface area contributed by atoms with Gasteiger partial charge >= 0.3 is 7.12 Å². The molecule has 6 heteroatoms. The number of fused-ring (bicyclic) bond motifs is 1. The van der Waals surface area contributed by atoms with Gasteiger partial charge in [0.15, 0.2) is 0 Å². The van der Waals surface area contributed by atoms with E-state index in [4.69, 9.17) is 0 Å². The number of halogens is 1. The summed E-state index contributed by atoms with van der Waals surface area (Å²) in [5.41, 5.74) is 2.20. The molecule has 0 radical (unpaired) electrons. The standard InChI is InChI=1S/C20H21BFNO3/c1-12-17(22)11-10-16-18(12)23-19(24)20(16,13-4-2-3-5-13)14-6-8-15(9-7-14)21(25)26/h6-11,13,25-26H,2-5H2,1H3,(H,23,24)/t20-/m1/s1. The minimum absolute atomic E-state index is 0.120. The number of hydrogen-bond acceptors (Lipinski definition) is 3. The van der Waals surface area contributed by atoms with Crippen molar-refractivity contribution in [2.45, 2.75) is 38.0 Å². The van der Waals surface area contributed by atoms with Gasteiger partial charge in [0.2, 0.25) is 5.91 Å². The van der Waals surface area contributed by atoms with E-state index >= 15 is 0 Å². The van der Waals surface area contributed by atoms with Crippen LogP contribution in [-0.2, 0) is 10.2 Å². The number of carbonyl (C=O) groups is 1. The summed E-state index contributed by atoms with van der Waals surface area (Å²) in [5.74, 6) is -0.311. The van der Waals surface area contributed by atoms with Crippen LogP contribution in [0.1, 0.15) is 42.4 Å². The lowest BCUT2D eigenvalue weighted by Crippen LogP contribution is -2.42. The summed E-state index contributed by atoms with van der Waals surface area (Å²) in [6, 6.07) is 10.0. The van der Waals surface area contributed by atoms with Crippen LogP contribution in [0.4, 0.5) is 10.1 Å². The number of amides is 1. The SMILES string of the molecule is Cc1c(F)ccc2c1NC(=O)[C@@]2(c1ccc(B(O)O)cc1)C1CCCC1. The second-order valence-electron chi connectivity index (χ2n) is 7.33. The lowest BCUT2D eigenvalue weighted by molar-refractivity contribution is -0.121. The summed E-state index contributed by atoms with van der Waals surface area (Å²) in [7, 11) is -1.55. The third kappa shape index (κ3) is 2.32. The average Bonchev–Trinajstić information content (AvgIpc) is 3.25. The number of benzene rings is 2. The molecule has 1 aliphatic heterocycles. The Labute approximate surface area is 152 Å². The fourth-order valence-electron chi connectivity index (χ4n) is 4.71. The van der Waals surface area contributed by atoms with E-state index in [1.807, 2.05) is 0 Å². The van der Waals surface area contributed by atoms with Crippen LogP contribution in [0.25, 0.3) is 0 Å². The Hall–Kier alpha value is -2.18. The summed E-state index contributed by atoms with van der Waals surface area (Å²) < 4.78 is 14.1. The number of anilines is 1. The van der Waals surface area contributed by atoms with Gasteiger partial charge in [-0.25, -0.2) is 4.39 Å². The maximum atomic E-state index is 14.1. The van der Waals surface area contributed by atoms with Crippen molar-refractivity contribution in [1.29, 1.82) is 0 Å². The van der Waals surface area contributed by atoms with Crippen LogP contribution in [0.2, 0.25) is 0 Å². The molecule has 1 aliphatic carbocycles. The summed E-state index contributed by atoms with van der Waals surface area (Å²) in [6.45, 7) is 1.68. The van der Waals surface area contributed by atoms with Crippen LogP contribution < -0.4 is 10.8 Å². The molecule has 2 aromatic rings. The molecule has 0 saturated heterocycles. The quantitative estimate of drug-likeness (QED) is 0.742. The van der Waals surface area contributed by atoms with Crippen molar-refractivity contribution in [3.05, 3.63) is 58.9 Å². The Morgan fingerprint density at radius 3 is 2.38 bits per heavy atom. The van der Waals surface area contributed by atoms with Crippen molar-refractivity contribution < 1.29 is 19.2 Å². The molecule has 1 amide bonds. The minimum atomic E-state index is -1.55. The highest BCUT2D eigenvalue weighted by Gasteiger charge is 2.54. The van der Waals surface area contributed by atoms with Crippen molar-refractivity contribution >= 4 is 24.2 Å². The van der Waals surface area contributed by atoms with Crippen LogP contribution in [0.15, 0.2) is 36.4 Å². The van der Waals surface area contributed by atoms with E-state index in [0.29, 0.717) is 16.7 Å². The molecule has 134 valence electrons. The lowest BCUT2D eigenvalue weighted by Gasteiger charge is -2.34. The number of nitrogens with one attached hydrogen (secondary N) is 1. The second-order valence-corrected chi connectivity index (χ2v) is 7.33. The van der Waals surface area contributed by atoms with Crippen molar-refractivity contribution in [3.63, 3.8) is 0 Å². The molecule has 1 fully saturated rings. The maximum absolute atomic E-state index is 14.1. The van der Waals surface area contributed by atoms with Gasteiger partial charge in [-0.15, -0.1) is 0 Å². The zero-order valence-electron chi connectivity index (χ0n) is 14.6.